The Morgan fingerprint density at radius 2 is 2.07 bits per heavy atom. The average Bonchev–Trinajstić information content (AvgIpc) is 3.12. The highest BCUT2D eigenvalue weighted by molar-refractivity contribution is 8.01. The van der Waals surface area contributed by atoms with E-state index in [4.69, 9.17) is 23.2 Å². The fourth-order valence-electron chi connectivity index (χ4n) is 3.00. The summed E-state index contributed by atoms with van der Waals surface area (Å²) in [4.78, 5) is 12.6. The van der Waals surface area contributed by atoms with Crippen LogP contribution in [0.2, 0.25) is 10.0 Å². The van der Waals surface area contributed by atoms with Crippen molar-refractivity contribution < 1.29 is 13.2 Å². The van der Waals surface area contributed by atoms with E-state index in [-0.39, 0.29) is 18.2 Å². The molecule has 0 unspecified atom stereocenters. The molecule has 1 aliphatic rings. The molecule has 0 spiro atoms. The molecule has 1 saturated heterocycles. The van der Waals surface area contributed by atoms with Gasteiger partial charge in [0, 0.05) is 28.7 Å². The number of hydrogen-bond donors (Lipinski definition) is 1. The topological polar surface area (TPSA) is 92.3 Å². The molecule has 1 N–H and O–H groups in total. The van der Waals surface area contributed by atoms with Crippen LogP contribution in [0.15, 0.2) is 22.5 Å². The molecule has 1 aliphatic heterocycles. The van der Waals surface area contributed by atoms with Crippen LogP contribution in [0.1, 0.15) is 25.3 Å². The molecule has 0 radical (unpaired) electrons. The highest BCUT2D eigenvalue weighted by Crippen LogP contribution is 2.30. The Bertz CT molecular complexity index is 964. The molecule has 3 rings (SSSR count). The van der Waals surface area contributed by atoms with Gasteiger partial charge in [-0.3, -0.25) is 4.79 Å². The standard InChI is InChI=1S/C17H20Cl2N4O3S3/c1-2-27-17-22-21-16(28-17)20-15(24)11-5-4-8-23(9-11)29(25,26)10-12-13(18)6-3-7-14(12)19/h3,6-7,11H,2,4-5,8-10H2,1H3,(H,20,21,24)/t11-/m1/s1. The van der Waals surface area contributed by atoms with Gasteiger partial charge in [-0.1, -0.05) is 59.3 Å². The Morgan fingerprint density at radius 3 is 2.76 bits per heavy atom. The highest BCUT2D eigenvalue weighted by atomic mass is 35.5. The van der Waals surface area contributed by atoms with E-state index in [0.29, 0.717) is 40.1 Å². The number of carbonyl (C=O) groups excluding carboxylic acids is 1. The van der Waals surface area contributed by atoms with Gasteiger partial charge in [0.25, 0.3) is 0 Å². The van der Waals surface area contributed by atoms with Crippen molar-refractivity contribution in [2.75, 3.05) is 24.2 Å². The van der Waals surface area contributed by atoms with E-state index in [2.05, 4.69) is 15.5 Å². The van der Waals surface area contributed by atoms with E-state index in [1.807, 2.05) is 6.92 Å². The third kappa shape index (κ3) is 5.83. The van der Waals surface area contributed by atoms with Crippen molar-refractivity contribution >= 4 is 67.4 Å². The summed E-state index contributed by atoms with van der Waals surface area (Å²) in [6.45, 7) is 2.49. The van der Waals surface area contributed by atoms with Crippen LogP contribution in [0.5, 0.6) is 0 Å². The first kappa shape index (κ1) is 22.8. The van der Waals surface area contributed by atoms with Crippen molar-refractivity contribution in [3.63, 3.8) is 0 Å². The van der Waals surface area contributed by atoms with Crippen LogP contribution in [0.3, 0.4) is 0 Å². The largest absolute Gasteiger partial charge is 0.300 e. The smallest absolute Gasteiger partial charge is 0.230 e. The fourth-order valence-corrected chi connectivity index (χ4v) is 7.02. The third-order valence-corrected chi connectivity index (χ3v) is 8.78. The Labute approximate surface area is 188 Å². The minimum Gasteiger partial charge on any atom is -0.300 e. The van der Waals surface area contributed by atoms with E-state index in [1.54, 1.807) is 30.0 Å². The first-order valence-electron chi connectivity index (χ1n) is 8.98. The molecular weight excluding hydrogens is 475 g/mol. The zero-order valence-electron chi connectivity index (χ0n) is 15.6. The maximum absolute atomic E-state index is 12.9. The highest BCUT2D eigenvalue weighted by Gasteiger charge is 2.33. The second-order valence-corrected chi connectivity index (χ2v) is 11.7. The Kier molecular flexibility index (Phi) is 7.80. The minimum absolute atomic E-state index is 0.117. The normalized spacial score (nSPS) is 18.0. The van der Waals surface area contributed by atoms with Crippen molar-refractivity contribution in [1.29, 1.82) is 0 Å². The number of piperidine rings is 1. The summed E-state index contributed by atoms with van der Waals surface area (Å²) >= 11 is 15.1. The van der Waals surface area contributed by atoms with Crippen LogP contribution in [-0.2, 0) is 20.6 Å². The van der Waals surface area contributed by atoms with Gasteiger partial charge in [-0.15, -0.1) is 10.2 Å². The molecular formula is C17H20Cl2N4O3S3. The Hall–Kier alpha value is -0.910. The number of nitrogens with zero attached hydrogens (tertiary/aromatic N) is 3. The van der Waals surface area contributed by atoms with Crippen LogP contribution < -0.4 is 5.32 Å². The van der Waals surface area contributed by atoms with E-state index in [9.17, 15) is 13.2 Å². The predicted molar refractivity (Wildman–Crippen MR) is 118 cm³/mol. The summed E-state index contributed by atoms with van der Waals surface area (Å²) in [7, 11) is -3.67. The van der Waals surface area contributed by atoms with Gasteiger partial charge in [-0.05, 0) is 30.7 Å². The zero-order chi connectivity index (χ0) is 21.0. The number of sulfonamides is 1. The van der Waals surface area contributed by atoms with Crippen molar-refractivity contribution in [1.82, 2.24) is 14.5 Å². The minimum atomic E-state index is -3.67. The lowest BCUT2D eigenvalue weighted by Gasteiger charge is -2.31. The number of rotatable bonds is 7. The van der Waals surface area contributed by atoms with Crippen molar-refractivity contribution in [2.45, 2.75) is 29.9 Å². The molecule has 1 aromatic heterocycles. The van der Waals surface area contributed by atoms with E-state index >= 15 is 0 Å². The lowest BCUT2D eigenvalue weighted by Crippen LogP contribution is -2.44. The number of benzene rings is 1. The van der Waals surface area contributed by atoms with Crippen molar-refractivity contribution in [2.24, 2.45) is 5.92 Å². The first-order valence-corrected chi connectivity index (χ1v) is 13.1. The molecule has 29 heavy (non-hydrogen) atoms. The van der Waals surface area contributed by atoms with Gasteiger partial charge in [0.1, 0.15) is 0 Å². The number of hydrogen-bond acceptors (Lipinski definition) is 7. The Morgan fingerprint density at radius 1 is 1.34 bits per heavy atom. The first-order chi connectivity index (χ1) is 13.8. The van der Waals surface area contributed by atoms with Gasteiger partial charge in [0.2, 0.25) is 21.1 Å². The van der Waals surface area contributed by atoms with Gasteiger partial charge >= 0.3 is 0 Å². The number of carbonyl (C=O) groups is 1. The Balaban J connectivity index is 1.66. The monoisotopic (exact) mass is 494 g/mol. The van der Waals surface area contributed by atoms with E-state index in [1.165, 1.54) is 15.6 Å². The molecule has 2 heterocycles. The average molecular weight is 495 g/mol. The third-order valence-electron chi connectivity index (χ3n) is 4.44. The van der Waals surface area contributed by atoms with Crippen molar-refractivity contribution in [3.8, 4) is 0 Å². The zero-order valence-corrected chi connectivity index (χ0v) is 19.6. The SMILES string of the molecule is CCSc1nnc(NC(=O)[C@@H]2CCCN(S(=O)(=O)Cc3c(Cl)cccc3Cl)C2)s1. The summed E-state index contributed by atoms with van der Waals surface area (Å²) in [5.41, 5.74) is 0.372. The summed E-state index contributed by atoms with van der Waals surface area (Å²) in [6.07, 6.45) is 1.21. The van der Waals surface area contributed by atoms with Gasteiger partial charge in [0.15, 0.2) is 4.34 Å². The molecule has 7 nitrogen and oxygen atoms in total. The second kappa shape index (κ2) is 9.93. The van der Waals surface area contributed by atoms with Gasteiger partial charge in [-0.2, -0.15) is 0 Å². The maximum atomic E-state index is 12.9. The molecule has 1 fully saturated rings. The fraction of sp³-hybridized carbons (Fsp3) is 0.471. The number of nitrogens with one attached hydrogen (secondary N) is 1. The lowest BCUT2D eigenvalue weighted by atomic mass is 9.99. The van der Waals surface area contributed by atoms with E-state index in [0.717, 1.165) is 10.1 Å². The molecule has 12 heteroatoms. The molecule has 1 atom stereocenters. The number of amides is 1. The van der Waals surface area contributed by atoms with Crippen LogP contribution >= 0.6 is 46.3 Å². The molecule has 0 saturated carbocycles. The maximum Gasteiger partial charge on any atom is 0.230 e. The number of halogens is 2. The number of aromatic nitrogens is 2. The molecule has 2 aromatic rings. The lowest BCUT2D eigenvalue weighted by molar-refractivity contribution is -0.120. The molecule has 1 amide bonds. The van der Waals surface area contributed by atoms with Gasteiger partial charge in [-0.25, -0.2) is 12.7 Å². The van der Waals surface area contributed by atoms with Crippen LogP contribution in [0.25, 0.3) is 0 Å². The summed E-state index contributed by atoms with van der Waals surface area (Å²) in [6, 6.07) is 4.88. The molecule has 1 aromatic carbocycles. The number of anilines is 1. The van der Waals surface area contributed by atoms with Crippen LogP contribution in [0.4, 0.5) is 5.13 Å². The van der Waals surface area contributed by atoms with Gasteiger partial charge < -0.3 is 5.32 Å². The van der Waals surface area contributed by atoms with Crippen molar-refractivity contribution in [3.05, 3.63) is 33.8 Å². The molecule has 0 aliphatic carbocycles. The molecule has 0 bridgehead atoms. The van der Waals surface area contributed by atoms with Crippen LogP contribution in [-0.4, -0.2) is 47.7 Å². The summed E-state index contributed by atoms with van der Waals surface area (Å²) < 4.78 is 28.0. The summed E-state index contributed by atoms with van der Waals surface area (Å²) in [5.74, 6) is -0.127. The predicted octanol–water partition coefficient (Wildman–Crippen LogP) is 4.14. The number of thioether (sulfide) groups is 1. The van der Waals surface area contributed by atoms with E-state index < -0.39 is 15.9 Å². The van der Waals surface area contributed by atoms with Crippen LogP contribution in [0, 0.1) is 5.92 Å². The second-order valence-electron chi connectivity index (χ2n) is 6.45. The quantitative estimate of drug-likeness (QED) is 0.459. The molecule has 158 valence electrons. The summed E-state index contributed by atoms with van der Waals surface area (Å²) in [5, 5.41) is 11.8. The van der Waals surface area contributed by atoms with Gasteiger partial charge in [0.05, 0.1) is 11.7 Å².